The van der Waals surface area contributed by atoms with Crippen LogP contribution in [-0.2, 0) is 0 Å². The molecule has 0 aliphatic heterocycles. The van der Waals surface area contributed by atoms with Crippen LogP contribution in [0.2, 0.25) is 0 Å². The normalized spacial score (nSPS) is 11.6. The average molecular weight is 192 g/mol. The maximum absolute atomic E-state index is 8.42. The number of hydrogen-bond acceptors (Lipinski definition) is 4. The number of oxime groups is 2. The third-order valence-corrected chi connectivity index (χ3v) is 2.05. The molecule has 4 nitrogen and oxygen atoms in total. The number of benzene rings is 1. The summed E-state index contributed by atoms with van der Waals surface area (Å²) in [6.07, 6.45) is 2.70. The van der Waals surface area contributed by atoms with Gasteiger partial charge in [0.25, 0.3) is 0 Å². The largest absolute Gasteiger partial charge is 0.411 e. The first-order chi connectivity index (χ1) is 6.69. The Morgan fingerprint density at radius 2 is 1.36 bits per heavy atom. The second kappa shape index (κ2) is 4.41. The summed E-state index contributed by atoms with van der Waals surface area (Å²) in [7, 11) is 0. The summed E-state index contributed by atoms with van der Waals surface area (Å²) in [6, 6.07) is 3.73. The highest BCUT2D eigenvalue weighted by molar-refractivity contribution is 5.88. The van der Waals surface area contributed by atoms with E-state index in [1.807, 2.05) is 19.9 Å². The van der Waals surface area contributed by atoms with E-state index in [1.54, 1.807) is 6.07 Å². The Kier molecular flexibility index (Phi) is 3.23. The van der Waals surface area contributed by atoms with Gasteiger partial charge in [0, 0.05) is 0 Å². The molecule has 0 amide bonds. The second-order valence-electron chi connectivity index (χ2n) is 3.05. The molecule has 0 bridgehead atoms. The minimum atomic E-state index is 0.799. The Labute approximate surface area is 82.2 Å². The van der Waals surface area contributed by atoms with Gasteiger partial charge in [-0.3, -0.25) is 0 Å². The molecule has 1 aromatic rings. The average Bonchev–Trinajstić information content (AvgIpc) is 2.14. The summed E-state index contributed by atoms with van der Waals surface area (Å²) >= 11 is 0. The summed E-state index contributed by atoms with van der Waals surface area (Å²) in [6.45, 7) is 3.84. The Morgan fingerprint density at radius 3 is 1.71 bits per heavy atom. The van der Waals surface area contributed by atoms with E-state index in [0.29, 0.717) is 0 Å². The molecule has 14 heavy (non-hydrogen) atoms. The van der Waals surface area contributed by atoms with E-state index < -0.39 is 0 Å². The molecule has 0 heterocycles. The smallest absolute Gasteiger partial charge is 0.0736 e. The molecule has 0 atom stereocenters. The van der Waals surface area contributed by atoms with Crippen molar-refractivity contribution < 1.29 is 10.4 Å². The van der Waals surface area contributed by atoms with E-state index in [2.05, 4.69) is 10.3 Å². The van der Waals surface area contributed by atoms with E-state index >= 15 is 0 Å². The van der Waals surface area contributed by atoms with Gasteiger partial charge in [0.2, 0.25) is 0 Å². The van der Waals surface area contributed by atoms with Gasteiger partial charge < -0.3 is 10.4 Å². The molecule has 0 saturated carbocycles. The van der Waals surface area contributed by atoms with E-state index in [1.165, 1.54) is 12.4 Å². The van der Waals surface area contributed by atoms with Crippen molar-refractivity contribution >= 4 is 12.4 Å². The highest BCUT2D eigenvalue weighted by atomic mass is 16.4. The van der Waals surface area contributed by atoms with Gasteiger partial charge in [0.05, 0.1) is 12.4 Å². The highest BCUT2D eigenvalue weighted by Crippen LogP contribution is 2.13. The minimum absolute atomic E-state index is 0.799. The van der Waals surface area contributed by atoms with Crippen molar-refractivity contribution in [1.82, 2.24) is 0 Å². The number of rotatable bonds is 2. The number of aryl methyl sites for hydroxylation is 2. The van der Waals surface area contributed by atoms with Gasteiger partial charge >= 0.3 is 0 Å². The van der Waals surface area contributed by atoms with Crippen LogP contribution in [0.25, 0.3) is 0 Å². The summed E-state index contributed by atoms with van der Waals surface area (Å²) in [4.78, 5) is 0. The Morgan fingerprint density at radius 1 is 0.929 bits per heavy atom. The minimum Gasteiger partial charge on any atom is -0.411 e. The van der Waals surface area contributed by atoms with Gasteiger partial charge in [0.1, 0.15) is 0 Å². The van der Waals surface area contributed by atoms with E-state index in [-0.39, 0.29) is 0 Å². The number of nitrogens with zero attached hydrogens (tertiary/aromatic N) is 2. The molecule has 1 aromatic carbocycles. The lowest BCUT2D eigenvalue weighted by Crippen LogP contribution is -1.94. The lowest BCUT2D eigenvalue weighted by Gasteiger charge is -2.04. The number of hydrogen-bond donors (Lipinski definition) is 2. The van der Waals surface area contributed by atoms with Gasteiger partial charge in [-0.2, -0.15) is 0 Å². The van der Waals surface area contributed by atoms with Crippen molar-refractivity contribution in [2.24, 2.45) is 10.3 Å². The zero-order valence-electron chi connectivity index (χ0n) is 8.10. The molecule has 0 aliphatic carbocycles. The molecule has 0 fully saturated rings. The quantitative estimate of drug-likeness (QED) is 0.427. The van der Waals surface area contributed by atoms with Crippen molar-refractivity contribution in [3.05, 3.63) is 34.4 Å². The van der Waals surface area contributed by atoms with Crippen LogP contribution < -0.4 is 0 Å². The van der Waals surface area contributed by atoms with Crippen LogP contribution in [0.5, 0.6) is 0 Å². The van der Waals surface area contributed by atoms with Crippen molar-refractivity contribution in [2.75, 3.05) is 0 Å². The Hall–Kier alpha value is -1.84. The first-order valence-corrected chi connectivity index (χ1v) is 4.15. The lowest BCUT2D eigenvalue weighted by atomic mass is 10.0. The monoisotopic (exact) mass is 192 g/mol. The molecular formula is C10H12N2O2. The van der Waals surface area contributed by atoms with Crippen LogP contribution in [0.15, 0.2) is 22.4 Å². The van der Waals surface area contributed by atoms with E-state index in [4.69, 9.17) is 10.4 Å². The maximum atomic E-state index is 8.42. The summed E-state index contributed by atoms with van der Waals surface area (Å²) in [5.74, 6) is 0. The van der Waals surface area contributed by atoms with Gasteiger partial charge in [-0.05, 0) is 42.2 Å². The Bertz CT molecular complexity index is 351. The second-order valence-corrected chi connectivity index (χ2v) is 3.05. The van der Waals surface area contributed by atoms with Gasteiger partial charge in [-0.1, -0.05) is 16.4 Å². The molecule has 0 radical (unpaired) electrons. The summed E-state index contributed by atoms with van der Waals surface area (Å²) in [5, 5.41) is 22.8. The van der Waals surface area contributed by atoms with Gasteiger partial charge in [0.15, 0.2) is 0 Å². The molecule has 0 saturated heterocycles. The first-order valence-electron chi connectivity index (χ1n) is 4.15. The van der Waals surface area contributed by atoms with Crippen LogP contribution in [0, 0.1) is 13.8 Å². The molecule has 4 heteroatoms. The van der Waals surface area contributed by atoms with Crippen LogP contribution in [0.4, 0.5) is 0 Å². The molecule has 0 aromatic heterocycles. The summed E-state index contributed by atoms with van der Waals surface area (Å²) < 4.78 is 0. The first kappa shape index (κ1) is 10.2. The predicted octanol–water partition coefficient (Wildman–Crippen LogP) is 1.92. The standard InChI is InChI=1S/C10H12N2O2/c1-7-3-8(2)10(6-12-14)4-9(7)5-11-13/h3-6,13-14H,1-2H3. The SMILES string of the molecule is Cc1cc(C)c(C=NO)cc1C=NO. The van der Waals surface area contributed by atoms with Crippen molar-refractivity contribution in [2.45, 2.75) is 13.8 Å². The molecule has 74 valence electrons. The summed E-state index contributed by atoms with van der Waals surface area (Å²) in [5.41, 5.74) is 3.62. The van der Waals surface area contributed by atoms with Crippen LogP contribution in [0.3, 0.4) is 0 Å². The van der Waals surface area contributed by atoms with Gasteiger partial charge in [-0.25, -0.2) is 0 Å². The van der Waals surface area contributed by atoms with Crippen molar-refractivity contribution in [3.63, 3.8) is 0 Å². The fourth-order valence-electron chi connectivity index (χ4n) is 1.29. The fourth-order valence-corrected chi connectivity index (χ4v) is 1.29. The lowest BCUT2D eigenvalue weighted by molar-refractivity contribution is 0.321. The third-order valence-electron chi connectivity index (χ3n) is 2.05. The molecular weight excluding hydrogens is 180 g/mol. The highest BCUT2D eigenvalue weighted by Gasteiger charge is 2.01. The van der Waals surface area contributed by atoms with Crippen molar-refractivity contribution in [1.29, 1.82) is 0 Å². The molecule has 0 spiro atoms. The Balaban J connectivity index is 3.26. The van der Waals surface area contributed by atoms with Crippen LogP contribution >= 0.6 is 0 Å². The maximum Gasteiger partial charge on any atom is 0.0736 e. The van der Waals surface area contributed by atoms with Crippen LogP contribution in [0.1, 0.15) is 22.3 Å². The molecule has 0 unspecified atom stereocenters. The zero-order valence-corrected chi connectivity index (χ0v) is 8.10. The molecule has 0 aliphatic rings. The topological polar surface area (TPSA) is 65.2 Å². The van der Waals surface area contributed by atoms with Crippen LogP contribution in [-0.4, -0.2) is 22.8 Å². The van der Waals surface area contributed by atoms with Crippen molar-refractivity contribution in [3.8, 4) is 0 Å². The predicted molar refractivity (Wildman–Crippen MR) is 54.7 cm³/mol. The van der Waals surface area contributed by atoms with E-state index in [0.717, 1.165) is 22.3 Å². The third kappa shape index (κ3) is 2.10. The molecule has 1 rings (SSSR count). The fraction of sp³-hybridized carbons (Fsp3) is 0.200. The van der Waals surface area contributed by atoms with E-state index in [9.17, 15) is 0 Å². The van der Waals surface area contributed by atoms with Gasteiger partial charge in [-0.15, -0.1) is 0 Å². The molecule has 2 N–H and O–H groups in total. The zero-order chi connectivity index (χ0) is 10.6.